The van der Waals surface area contributed by atoms with Crippen molar-refractivity contribution < 1.29 is 29.6 Å². The molecule has 0 amide bonds. The van der Waals surface area contributed by atoms with E-state index in [9.17, 15) is 4.79 Å². The zero-order chi connectivity index (χ0) is 9.84. The maximum Gasteiger partial charge on any atom is 0.293 e. The van der Waals surface area contributed by atoms with Gasteiger partial charge in [0.15, 0.2) is 0 Å². The van der Waals surface area contributed by atoms with E-state index >= 15 is 0 Å². The van der Waals surface area contributed by atoms with Crippen LogP contribution in [0.25, 0.3) is 0 Å². The Labute approximate surface area is 74.0 Å². The van der Waals surface area contributed by atoms with Crippen molar-refractivity contribution in [1.29, 1.82) is 0 Å². The summed E-state index contributed by atoms with van der Waals surface area (Å²) in [5.74, 6) is 0.109. The third-order valence-corrected chi connectivity index (χ3v) is 1.56. The van der Waals surface area contributed by atoms with Crippen molar-refractivity contribution in [3.05, 3.63) is 11.8 Å². The lowest BCUT2D eigenvalue weighted by atomic mass is 10.1. The molecule has 0 radical (unpaired) electrons. The quantitative estimate of drug-likeness (QED) is 0.450. The van der Waals surface area contributed by atoms with E-state index in [4.69, 9.17) is 20.1 Å². The first-order chi connectivity index (χ1) is 6.15. The van der Waals surface area contributed by atoms with E-state index in [1.807, 2.05) is 0 Å². The van der Waals surface area contributed by atoms with Crippen LogP contribution in [0.5, 0.6) is 0 Å². The second-order valence-electron chi connectivity index (χ2n) is 2.53. The van der Waals surface area contributed by atoms with Crippen molar-refractivity contribution in [2.45, 2.75) is 18.5 Å². The Morgan fingerprint density at radius 3 is 2.77 bits per heavy atom. The molecule has 0 aromatic carbocycles. The summed E-state index contributed by atoms with van der Waals surface area (Å²) in [5.41, 5.74) is 0. The fourth-order valence-electron chi connectivity index (χ4n) is 0.920. The van der Waals surface area contributed by atoms with Gasteiger partial charge in [0.2, 0.25) is 6.29 Å². The summed E-state index contributed by atoms with van der Waals surface area (Å²) in [5, 5.41) is 27.1. The smallest absolute Gasteiger partial charge is 0.293 e. The van der Waals surface area contributed by atoms with Gasteiger partial charge in [-0.05, 0) is 6.08 Å². The van der Waals surface area contributed by atoms with Crippen LogP contribution in [0.3, 0.4) is 0 Å². The number of carbonyl (C=O) groups excluding carboxylic acids is 1. The standard InChI is InChI=1S/C7H10O6/c8-3-12-2-4-1-5(9)6(10)7(11)13-4/h1,3,5-7,9-11H,2H2/t5-,6?,7?/m0/s1. The van der Waals surface area contributed by atoms with E-state index in [0.717, 1.165) is 0 Å². The van der Waals surface area contributed by atoms with Gasteiger partial charge in [-0.3, -0.25) is 4.79 Å². The molecule has 1 rings (SSSR count). The molecule has 0 saturated carbocycles. The van der Waals surface area contributed by atoms with Crippen molar-refractivity contribution in [2.24, 2.45) is 0 Å². The van der Waals surface area contributed by atoms with Gasteiger partial charge in [0.25, 0.3) is 6.47 Å². The van der Waals surface area contributed by atoms with Crippen molar-refractivity contribution in [2.75, 3.05) is 6.61 Å². The molecule has 0 aliphatic carbocycles. The molecule has 0 bridgehead atoms. The first-order valence-corrected chi connectivity index (χ1v) is 3.62. The molecular weight excluding hydrogens is 180 g/mol. The highest BCUT2D eigenvalue weighted by atomic mass is 16.6. The highest BCUT2D eigenvalue weighted by molar-refractivity contribution is 5.37. The normalized spacial score (nSPS) is 33.2. The van der Waals surface area contributed by atoms with Crippen LogP contribution in [-0.4, -0.2) is 46.9 Å². The molecule has 0 aromatic heterocycles. The number of ether oxygens (including phenoxy) is 2. The van der Waals surface area contributed by atoms with Gasteiger partial charge in [0.05, 0.1) is 0 Å². The second kappa shape index (κ2) is 4.22. The molecule has 13 heavy (non-hydrogen) atoms. The minimum absolute atomic E-state index is 0.109. The van der Waals surface area contributed by atoms with Gasteiger partial charge in [-0.25, -0.2) is 0 Å². The Kier molecular flexibility index (Phi) is 3.24. The minimum atomic E-state index is -1.50. The highest BCUT2D eigenvalue weighted by Crippen LogP contribution is 2.16. The maximum atomic E-state index is 9.80. The predicted octanol–water partition coefficient (Wildman–Crippen LogP) is -1.89. The van der Waals surface area contributed by atoms with Crippen LogP contribution < -0.4 is 0 Å². The van der Waals surface area contributed by atoms with Crippen molar-refractivity contribution in [3.63, 3.8) is 0 Å². The summed E-state index contributed by atoms with van der Waals surface area (Å²) in [6.45, 7) is 0.0400. The highest BCUT2D eigenvalue weighted by Gasteiger charge is 2.30. The number of hydrogen-bond acceptors (Lipinski definition) is 6. The largest absolute Gasteiger partial charge is 0.463 e. The number of rotatable bonds is 3. The molecule has 0 aromatic rings. The zero-order valence-electron chi connectivity index (χ0n) is 6.66. The van der Waals surface area contributed by atoms with E-state index < -0.39 is 18.5 Å². The van der Waals surface area contributed by atoms with Gasteiger partial charge in [-0.2, -0.15) is 0 Å². The Morgan fingerprint density at radius 2 is 2.23 bits per heavy atom. The zero-order valence-corrected chi connectivity index (χ0v) is 6.66. The Balaban J connectivity index is 2.56. The molecule has 1 aliphatic heterocycles. The Hall–Kier alpha value is -1.11. The van der Waals surface area contributed by atoms with Gasteiger partial charge in [0.1, 0.15) is 24.6 Å². The molecule has 74 valence electrons. The van der Waals surface area contributed by atoms with Gasteiger partial charge in [-0.1, -0.05) is 0 Å². The first kappa shape index (κ1) is 9.97. The lowest BCUT2D eigenvalue weighted by Crippen LogP contribution is -2.41. The van der Waals surface area contributed by atoms with Crippen LogP contribution in [0.15, 0.2) is 11.8 Å². The minimum Gasteiger partial charge on any atom is -0.463 e. The van der Waals surface area contributed by atoms with Crippen LogP contribution in [0.2, 0.25) is 0 Å². The molecule has 3 atom stereocenters. The monoisotopic (exact) mass is 190 g/mol. The van der Waals surface area contributed by atoms with Crippen molar-refractivity contribution in [1.82, 2.24) is 0 Å². The third-order valence-electron chi connectivity index (χ3n) is 1.56. The average Bonchev–Trinajstić information content (AvgIpc) is 2.10. The molecule has 6 nitrogen and oxygen atoms in total. The lowest BCUT2D eigenvalue weighted by Gasteiger charge is -2.27. The average molecular weight is 190 g/mol. The van der Waals surface area contributed by atoms with E-state index in [2.05, 4.69) is 4.74 Å². The molecular formula is C7H10O6. The molecule has 3 N–H and O–H groups in total. The molecule has 0 spiro atoms. The fraction of sp³-hybridized carbons (Fsp3) is 0.571. The second-order valence-corrected chi connectivity index (χ2v) is 2.53. The van der Waals surface area contributed by atoms with Gasteiger partial charge >= 0.3 is 0 Å². The summed E-state index contributed by atoms with van der Waals surface area (Å²) < 4.78 is 9.02. The SMILES string of the molecule is O=COCC1=C[C@H](O)C(O)C(O)O1. The van der Waals surface area contributed by atoms with Crippen molar-refractivity contribution >= 4 is 6.47 Å². The van der Waals surface area contributed by atoms with E-state index in [-0.39, 0.29) is 18.8 Å². The number of carbonyl (C=O) groups is 1. The van der Waals surface area contributed by atoms with Crippen LogP contribution in [-0.2, 0) is 14.3 Å². The molecule has 1 heterocycles. The molecule has 0 fully saturated rings. The van der Waals surface area contributed by atoms with Crippen LogP contribution in [0.4, 0.5) is 0 Å². The molecule has 0 saturated heterocycles. The van der Waals surface area contributed by atoms with Gasteiger partial charge in [-0.15, -0.1) is 0 Å². The van der Waals surface area contributed by atoms with Gasteiger partial charge < -0.3 is 24.8 Å². The van der Waals surface area contributed by atoms with Crippen molar-refractivity contribution in [3.8, 4) is 0 Å². The molecule has 2 unspecified atom stereocenters. The van der Waals surface area contributed by atoms with Crippen LogP contribution >= 0.6 is 0 Å². The summed E-state index contributed by atoms with van der Waals surface area (Å²) in [4.78, 5) is 9.80. The number of aliphatic hydroxyl groups is 3. The summed E-state index contributed by atoms with van der Waals surface area (Å²) in [7, 11) is 0. The van der Waals surface area contributed by atoms with E-state index in [1.165, 1.54) is 6.08 Å². The summed E-state index contributed by atoms with van der Waals surface area (Å²) >= 11 is 0. The van der Waals surface area contributed by atoms with Crippen LogP contribution in [0.1, 0.15) is 0 Å². The summed E-state index contributed by atoms with van der Waals surface area (Å²) in [6, 6.07) is 0. The Morgan fingerprint density at radius 1 is 1.54 bits per heavy atom. The molecule has 6 heteroatoms. The number of aliphatic hydroxyl groups excluding tert-OH is 3. The van der Waals surface area contributed by atoms with Crippen LogP contribution in [0, 0.1) is 0 Å². The van der Waals surface area contributed by atoms with E-state index in [0.29, 0.717) is 0 Å². The lowest BCUT2D eigenvalue weighted by molar-refractivity contribution is -0.179. The molecule has 1 aliphatic rings. The topological polar surface area (TPSA) is 96.2 Å². The first-order valence-electron chi connectivity index (χ1n) is 3.62. The fourth-order valence-corrected chi connectivity index (χ4v) is 0.920. The maximum absolute atomic E-state index is 9.80. The van der Waals surface area contributed by atoms with E-state index in [1.54, 1.807) is 0 Å². The Bertz CT molecular complexity index is 213. The third kappa shape index (κ3) is 2.41. The number of hydrogen-bond donors (Lipinski definition) is 3. The summed E-state index contributed by atoms with van der Waals surface area (Å²) in [6.07, 6.45) is -2.92. The predicted molar refractivity (Wildman–Crippen MR) is 39.2 cm³/mol. The van der Waals surface area contributed by atoms with Gasteiger partial charge in [0, 0.05) is 0 Å².